The molecule has 0 radical (unpaired) electrons. The number of allylic oxidation sites excluding steroid dienone is 2. The lowest BCUT2D eigenvalue weighted by atomic mass is 9.94. The van der Waals surface area contributed by atoms with Crippen LogP contribution in [0.4, 0.5) is 0 Å². The molecule has 1 fully saturated rings. The summed E-state index contributed by atoms with van der Waals surface area (Å²) in [5.41, 5.74) is 0.946. The van der Waals surface area contributed by atoms with Crippen LogP contribution in [-0.4, -0.2) is 77.3 Å². The molecule has 1 saturated heterocycles. The highest BCUT2D eigenvalue weighted by Crippen LogP contribution is 2.25. The Morgan fingerprint density at radius 2 is 2.00 bits per heavy atom. The first-order valence-electron chi connectivity index (χ1n) is 13.6. The molecule has 1 aromatic heterocycles. The van der Waals surface area contributed by atoms with Crippen LogP contribution in [-0.2, 0) is 25.5 Å². The summed E-state index contributed by atoms with van der Waals surface area (Å²) in [6, 6.07) is -0.719. The van der Waals surface area contributed by atoms with Gasteiger partial charge in [-0.1, -0.05) is 50.6 Å². The number of aliphatic hydroxyl groups excluding tert-OH is 1. The number of carbonyl (C=O) groups excluding carboxylic acids is 3. The summed E-state index contributed by atoms with van der Waals surface area (Å²) >= 11 is 0. The van der Waals surface area contributed by atoms with Gasteiger partial charge in [-0.25, -0.2) is 9.78 Å². The monoisotopic (exact) mass is 543 g/mol. The van der Waals surface area contributed by atoms with E-state index in [1.54, 1.807) is 18.2 Å². The van der Waals surface area contributed by atoms with Crippen molar-refractivity contribution in [3.05, 3.63) is 53.8 Å². The highest BCUT2D eigenvalue weighted by Gasteiger charge is 2.38. The zero-order valence-electron chi connectivity index (χ0n) is 23.5. The van der Waals surface area contributed by atoms with Gasteiger partial charge in [-0.3, -0.25) is 9.59 Å². The lowest BCUT2D eigenvalue weighted by Crippen LogP contribution is -2.44. The number of oxazole rings is 1. The number of aromatic nitrogens is 1. The summed E-state index contributed by atoms with van der Waals surface area (Å²) in [6.07, 6.45) is 9.89. The predicted molar refractivity (Wildman–Crippen MR) is 145 cm³/mol. The summed E-state index contributed by atoms with van der Waals surface area (Å²) in [5.74, 6) is -1.04. The number of amides is 2. The SMILES string of the molecule is COC1Cc2nc(co2)C(=O)N2CCCC2C(=O)O[C@H](C(C)C)[C@H](C)/C=C/C(=O)NC/C=C/C(C)=C/[C@@H](O)C1. The number of ether oxygens (including phenoxy) is 2. The Labute approximate surface area is 230 Å². The van der Waals surface area contributed by atoms with E-state index in [2.05, 4.69) is 10.3 Å². The zero-order chi connectivity index (χ0) is 28.5. The number of nitrogens with one attached hydrogen (secondary N) is 1. The van der Waals surface area contributed by atoms with E-state index in [9.17, 15) is 19.5 Å². The van der Waals surface area contributed by atoms with E-state index >= 15 is 0 Å². The first-order chi connectivity index (χ1) is 18.6. The molecule has 2 bridgehead atoms. The molecule has 0 saturated carbocycles. The van der Waals surface area contributed by atoms with Crippen molar-refractivity contribution in [3.8, 4) is 0 Å². The van der Waals surface area contributed by atoms with Gasteiger partial charge >= 0.3 is 5.97 Å². The molecule has 39 heavy (non-hydrogen) atoms. The molecular formula is C29H41N3O7. The Kier molecular flexibility index (Phi) is 11.1. The molecule has 2 unspecified atom stereocenters. The Morgan fingerprint density at radius 3 is 2.72 bits per heavy atom. The van der Waals surface area contributed by atoms with Crippen LogP contribution >= 0.6 is 0 Å². The van der Waals surface area contributed by atoms with Crippen LogP contribution in [0.1, 0.15) is 63.3 Å². The normalized spacial score (nSPS) is 31.2. The van der Waals surface area contributed by atoms with Crippen molar-refractivity contribution in [2.75, 3.05) is 20.2 Å². The minimum atomic E-state index is -0.776. The van der Waals surface area contributed by atoms with Gasteiger partial charge in [0.15, 0.2) is 11.6 Å². The minimum absolute atomic E-state index is 0.00318. The number of methoxy groups -OCH3 is 1. The fourth-order valence-electron chi connectivity index (χ4n) is 4.93. The molecule has 2 N–H and O–H groups in total. The molecule has 3 rings (SSSR count). The van der Waals surface area contributed by atoms with Gasteiger partial charge in [-0.15, -0.1) is 0 Å². The second-order valence-corrected chi connectivity index (χ2v) is 10.6. The first-order valence-corrected chi connectivity index (χ1v) is 13.6. The molecule has 10 heteroatoms. The van der Waals surface area contributed by atoms with E-state index in [-0.39, 0.29) is 29.9 Å². The second kappa shape index (κ2) is 14.2. The van der Waals surface area contributed by atoms with Gasteiger partial charge < -0.3 is 29.2 Å². The number of cyclic esters (lactones) is 1. The van der Waals surface area contributed by atoms with Gasteiger partial charge in [-0.2, -0.15) is 0 Å². The summed E-state index contributed by atoms with van der Waals surface area (Å²) in [7, 11) is 1.54. The molecule has 2 amide bonds. The molecule has 2 aliphatic rings. The Bertz CT molecular complexity index is 1090. The Hall–Kier alpha value is -3.24. The lowest BCUT2D eigenvalue weighted by molar-refractivity contribution is -0.158. The zero-order valence-corrected chi connectivity index (χ0v) is 23.5. The fourth-order valence-corrected chi connectivity index (χ4v) is 4.93. The fraction of sp³-hybridized carbons (Fsp3) is 0.586. The van der Waals surface area contributed by atoms with Crippen molar-refractivity contribution in [1.29, 1.82) is 0 Å². The van der Waals surface area contributed by atoms with Gasteiger partial charge in [0.1, 0.15) is 18.4 Å². The van der Waals surface area contributed by atoms with Crippen molar-refractivity contribution in [1.82, 2.24) is 15.2 Å². The number of fused-ring (bicyclic) bond motifs is 3. The molecule has 214 valence electrons. The second-order valence-electron chi connectivity index (χ2n) is 10.6. The van der Waals surface area contributed by atoms with E-state index in [0.717, 1.165) is 5.57 Å². The molecule has 0 spiro atoms. The number of carbonyl (C=O) groups is 3. The third-order valence-corrected chi connectivity index (χ3v) is 7.01. The number of nitrogens with zero attached hydrogens (tertiary/aromatic N) is 2. The van der Waals surface area contributed by atoms with Crippen LogP contribution in [0.2, 0.25) is 0 Å². The third-order valence-electron chi connectivity index (χ3n) is 7.01. The smallest absolute Gasteiger partial charge is 0.329 e. The van der Waals surface area contributed by atoms with Crippen molar-refractivity contribution in [3.63, 3.8) is 0 Å². The molecule has 10 nitrogen and oxygen atoms in total. The summed E-state index contributed by atoms with van der Waals surface area (Å²) < 4.78 is 17.0. The summed E-state index contributed by atoms with van der Waals surface area (Å²) in [5, 5.41) is 13.3. The van der Waals surface area contributed by atoms with Gasteiger partial charge in [-0.05, 0) is 31.8 Å². The maximum Gasteiger partial charge on any atom is 0.329 e. The van der Waals surface area contributed by atoms with Crippen molar-refractivity contribution < 1.29 is 33.4 Å². The number of hydrogen-bond donors (Lipinski definition) is 2. The molecule has 5 atom stereocenters. The average molecular weight is 544 g/mol. The van der Waals surface area contributed by atoms with Gasteiger partial charge in [0, 0.05) is 32.5 Å². The number of rotatable bonds is 2. The van der Waals surface area contributed by atoms with Gasteiger partial charge in [0.05, 0.1) is 18.6 Å². The van der Waals surface area contributed by atoms with Crippen LogP contribution in [0, 0.1) is 11.8 Å². The van der Waals surface area contributed by atoms with Crippen LogP contribution in [0.25, 0.3) is 0 Å². The highest BCUT2D eigenvalue weighted by atomic mass is 16.5. The van der Waals surface area contributed by atoms with Gasteiger partial charge in [0.25, 0.3) is 5.91 Å². The summed E-state index contributed by atoms with van der Waals surface area (Å²) in [4.78, 5) is 44.7. The van der Waals surface area contributed by atoms with E-state index < -0.39 is 36.2 Å². The van der Waals surface area contributed by atoms with Crippen LogP contribution in [0.3, 0.4) is 0 Å². The van der Waals surface area contributed by atoms with Crippen molar-refractivity contribution in [2.45, 2.75) is 77.7 Å². The molecule has 0 aromatic carbocycles. The standard InChI is InChI=1S/C29H41N3O7/c1-18(2)27-20(4)10-11-25(34)30-12-6-8-19(3)14-21(33)15-22(37-5)16-26-31-23(17-38-26)28(35)32-13-7-9-24(32)29(36)39-27/h6,8,10-11,14,17-18,20-22,24,27,33H,7,9,12-13,15-16H2,1-5H3,(H,30,34)/b8-6+,11-10+,19-14+/t20-,21-,22?,24?,27-/m1/s1. The van der Waals surface area contributed by atoms with Crippen molar-refractivity contribution in [2.24, 2.45) is 11.8 Å². The van der Waals surface area contributed by atoms with Crippen LogP contribution in [0.5, 0.6) is 0 Å². The highest BCUT2D eigenvalue weighted by molar-refractivity contribution is 5.95. The number of hydrogen-bond acceptors (Lipinski definition) is 8. The molecule has 3 heterocycles. The maximum absolute atomic E-state index is 13.3. The average Bonchev–Trinajstić information content (AvgIpc) is 3.57. The topological polar surface area (TPSA) is 131 Å². The lowest BCUT2D eigenvalue weighted by Gasteiger charge is -2.29. The molecular weight excluding hydrogens is 502 g/mol. The molecule has 0 aliphatic carbocycles. The van der Waals surface area contributed by atoms with Crippen LogP contribution in [0.15, 0.2) is 46.6 Å². The third kappa shape index (κ3) is 8.63. The quantitative estimate of drug-likeness (QED) is 0.545. The molecule has 2 aliphatic heterocycles. The van der Waals surface area contributed by atoms with E-state index in [1.807, 2.05) is 33.8 Å². The minimum Gasteiger partial charge on any atom is -0.460 e. The maximum atomic E-state index is 13.3. The van der Waals surface area contributed by atoms with Crippen LogP contribution < -0.4 is 5.32 Å². The predicted octanol–water partition coefficient (Wildman–Crippen LogP) is 2.98. The Morgan fingerprint density at radius 1 is 1.23 bits per heavy atom. The van der Waals surface area contributed by atoms with E-state index in [0.29, 0.717) is 38.2 Å². The molecule has 1 aromatic rings. The Balaban J connectivity index is 1.87. The number of aliphatic hydroxyl groups is 1. The van der Waals surface area contributed by atoms with E-state index in [4.69, 9.17) is 13.9 Å². The number of esters is 1. The largest absolute Gasteiger partial charge is 0.460 e. The van der Waals surface area contributed by atoms with Gasteiger partial charge in [0.2, 0.25) is 5.91 Å². The van der Waals surface area contributed by atoms with E-state index in [1.165, 1.54) is 24.3 Å². The van der Waals surface area contributed by atoms with Crippen molar-refractivity contribution >= 4 is 17.8 Å². The first kappa shape index (κ1) is 30.3. The summed E-state index contributed by atoms with van der Waals surface area (Å²) in [6.45, 7) is 8.39.